The molecule has 2 rings (SSSR count). The Bertz CT molecular complexity index is 472. The predicted molar refractivity (Wildman–Crippen MR) is 68.6 cm³/mol. The molecular formula is C13H19N3O3. The van der Waals surface area contributed by atoms with Crippen molar-refractivity contribution in [2.75, 3.05) is 13.2 Å². The fourth-order valence-corrected chi connectivity index (χ4v) is 1.91. The Balaban J connectivity index is 2.10. The van der Waals surface area contributed by atoms with E-state index in [2.05, 4.69) is 5.10 Å². The monoisotopic (exact) mass is 265 g/mol. The number of amides is 1. The van der Waals surface area contributed by atoms with Gasteiger partial charge in [0, 0.05) is 18.8 Å². The van der Waals surface area contributed by atoms with E-state index in [9.17, 15) is 9.59 Å². The molecule has 0 unspecified atom stereocenters. The second kappa shape index (κ2) is 5.42. The van der Waals surface area contributed by atoms with Crippen molar-refractivity contribution in [3.8, 4) is 0 Å². The Morgan fingerprint density at radius 3 is 2.68 bits per heavy atom. The van der Waals surface area contributed by atoms with Gasteiger partial charge in [-0.2, -0.15) is 5.10 Å². The molecule has 0 atom stereocenters. The van der Waals surface area contributed by atoms with E-state index in [4.69, 9.17) is 4.74 Å². The molecule has 1 aromatic rings. The van der Waals surface area contributed by atoms with Crippen LogP contribution in [-0.2, 0) is 16.6 Å². The average Bonchev–Trinajstić information content (AvgIpc) is 3.13. The van der Waals surface area contributed by atoms with Crippen molar-refractivity contribution >= 4 is 11.9 Å². The van der Waals surface area contributed by atoms with E-state index in [1.807, 2.05) is 6.92 Å². The fourth-order valence-electron chi connectivity index (χ4n) is 1.91. The van der Waals surface area contributed by atoms with Crippen molar-refractivity contribution in [3.05, 3.63) is 17.5 Å². The number of esters is 1. The van der Waals surface area contributed by atoms with Gasteiger partial charge in [-0.15, -0.1) is 0 Å². The summed E-state index contributed by atoms with van der Waals surface area (Å²) in [6, 6.07) is 1.89. The van der Waals surface area contributed by atoms with Crippen molar-refractivity contribution in [2.45, 2.75) is 32.7 Å². The number of hydrogen-bond acceptors (Lipinski definition) is 4. The summed E-state index contributed by atoms with van der Waals surface area (Å²) in [4.78, 5) is 25.5. The molecule has 1 aliphatic rings. The largest absolute Gasteiger partial charge is 0.465 e. The van der Waals surface area contributed by atoms with Crippen LogP contribution in [0.1, 0.15) is 35.9 Å². The minimum atomic E-state index is -0.365. The second-order valence-electron chi connectivity index (χ2n) is 4.76. The van der Waals surface area contributed by atoms with Crippen LogP contribution < -0.4 is 0 Å². The van der Waals surface area contributed by atoms with Gasteiger partial charge >= 0.3 is 5.97 Å². The Morgan fingerprint density at radius 2 is 2.21 bits per heavy atom. The van der Waals surface area contributed by atoms with Crippen molar-refractivity contribution in [1.82, 2.24) is 14.7 Å². The van der Waals surface area contributed by atoms with E-state index in [1.54, 1.807) is 29.6 Å². The topological polar surface area (TPSA) is 64.4 Å². The first kappa shape index (κ1) is 13.6. The van der Waals surface area contributed by atoms with Crippen LogP contribution in [0.4, 0.5) is 0 Å². The average molecular weight is 265 g/mol. The predicted octanol–water partition coefficient (Wildman–Crippen LogP) is 0.896. The zero-order valence-corrected chi connectivity index (χ0v) is 11.5. The molecule has 0 aromatic carbocycles. The van der Waals surface area contributed by atoms with Gasteiger partial charge in [-0.05, 0) is 32.8 Å². The Hall–Kier alpha value is -1.85. The quantitative estimate of drug-likeness (QED) is 0.742. The first-order valence-electron chi connectivity index (χ1n) is 6.50. The van der Waals surface area contributed by atoms with Crippen LogP contribution in [0.15, 0.2) is 6.07 Å². The van der Waals surface area contributed by atoms with E-state index in [1.165, 1.54) is 0 Å². The molecule has 0 radical (unpaired) electrons. The molecule has 1 aromatic heterocycles. The summed E-state index contributed by atoms with van der Waals surface area (Å²) < 4.78 is 6.56. The number of ether oxygens (including phenoxy) is 1. The van der Waals surface area contributed by atoms with Gasteiger partial charge in [0.2, 0.25) is 0 Å². The van der Waals surface area contributed by atoms with Gasteiger partial charge in [0.05, 0.1) is 6.61 Å². The SMILES string of the molecule is CCOC(=O)CN(C(=O)c1cc(C)n(C)n1)C1CC1. The van der Waals surface area contributed by atoms with Crippen LogP contribution in [-0.4, -0.2) is 45.8 Å². The molecular weight excluding hydrogens is 246 g/mol. The maximum absolute atomic E-state index is 12.4. The molecule has 1 fully saturated rings. The summed E-state index contributed by atoms with van der Waals surface area (Å²) in [6.07, 6.45) is 1.88. The third-order valence-electron chi connectivity index (χ3n) is 3.19. The zero-order chi connectivity index (χ0) is 14.0. The van der Waals surface area contributed by atoms with E-state index in [0.717, 1.165) is 18.5 Å². The van der Waals surface area contributed by atoms with Crippen LogP contribution in [0.2, 0.25) is 0 Å². The minimum absolute atomic E-state index is 0.00691. The highest BCUT2D eigenvalue weighted by Crippen LogP contribution is 2.28. The molecule has 1 amide bonds. The molecule has 1 heterocycles. The standard InChI is InChI=1S/C13H19N3O3/c1-4-19-12(17)8-16(10-5-6-10)13(18)11-7-9(2)15(3)14-11/h7,10H,4-6,8H2,1-3H3. The highest BCUT2D eigenvalue weighted by Gasteiger charge is 2.35. The van der Waals surface area contributed by atoms with Crippen LogP contribution >= 0.6 is 0 Å². The van der Waals surface area contributed by atoms with Crippen molar-refractivity contribution in [2.24, 2.45) is 7.05 Å². The molecule has 19 heavy (non-hydrogen) atoms. The number of hydrogen-bond donors (Lipinski definition) is 0. The molecule has 0 N–H and O–H groups in total. The number of aryl methyl sites for hydroxylation is 2. The van der Waals surface area contributed by atoms with Crippen LogP contribution in [0, 0.1) is 6.92 Å². The summed E-state index contributed by atoms with van der Waals surface area (Å²) in [5, 5.41) is 4.17. The lowest BCUT2D eigenvalue weighted by Crippen LogP contribution is -2.38. The van der Waals surface area contributed by atoms with Gasteiger partial charge in [-0.25, -0.2) is 0 Å². The molecule has 6 heteroatoms. The molecule has 0 bridgehead atoms. The lowest BCUT2D eigenvalue weighted by molar-refractivity contribution is -0.144. The number of carbonyl (C=O) groups excluding carboxylic acids is 2. The van der Waals surface area contributed by atoms with E-state index < -0.39 is 0 Å². The third kappa shape index (κ3) is 3.13. The summed E-state index contributed by atoms with van der Waals surface area (Å²) in [7, 11) is 1.79. The number of carbonyl (C=O) groups is 2. The zero-order valence-electron chi connectivity index (χ0n) is 11.5. The third-order valence-corrected chi connectivity index (χ3v) is 3.19. The summed E-state index contributed by atoms with van der Waals surface area (Å²) in [5.41, 5.74) is 1.30. The maximum atomic E-state index is 12.4. The van der Waals surface area contributed by atoms with Gasteiger partial charge in [-0.1, -0.05) is 0 Å². The minimum Gasteiger partial charge on any atom is -0.465 e. The molecule has 0 spiro atoms. The molecule has 6 nitrogen and oxygen atoms in total. The number of nitrogens with zero attached hydrogens (tertiary/aromatic N) is 3. The first-order chi connectivity index (χ1) is 9.02. The summed E-state index contributed by atoms with van der Waals surface area (Å²) >= 11 is 0. The Morgan fingerprint density at radius 1 is 1.53 bits per heavy atom. The summed E-state index contributed by atoms with van der Waals surface area (Å²) in [5.74, 6) is -0.561. The smallest absolute Gasteiger partial charge is 0.325 e. The van der Waals surface area contributed by atoms with Crippen LogP contribution in [0.25, 0.3) is 0 Å². The highest BCUT2D eigenvalue weighted by atomic mass is 16.5. The summed E-state index contributed by atoms with van der Waals surface area (Å²) in [6.45, 7) is 3.97. The van der Waals surface area contributed by atoms with E-state index in [-0.39, 0.29) is 24.5 Å². The molecule has 0 aliphatic heterocycles. The lowest BCUT2D eigenvalue weighted by Gasteiger charge is -2.20. The van der Waals surface area contributed by atoms with E-state index in [0.29, 0.717) is 12.3 Å². The van der Waals surface area contributed by atoms with Gasteiger partial charge in [0.1, 0.15) is 6.54 Å². The van der Waals surface area contributed by atoms with E-state index >= 15 is 0 Å². The van der Waals surface area contributed by atoms with Gasteiger partial charge < -0.3 is 9.64 Å². The molecule has 0 saturated heterocycles. The molecule has 104 valence electrons. The lowest BCUT2D eigenvalue weighted by atomic mass is 10.3. The van der Waals surface area contributed by atoms with Crippen LogP contribution in [0.5, 0.6) is 0 Å². The molecule has 1 saturated carbocycles. The normalized spacial score (nSPS) is 14.3. The number of aromatic nitrogens is 2. The maximum Gasteiger partial charge on any atom is 0.325 e. The van der Waals surface area contributed by atoms with Gasteiger partial charge in [0.25, 0.3) is 5.91 Å². The van der Waals surface area contributed by atoms with Crippen molar-refractivity contribution < 1.29 is 14.3 Å². The van der Waals surface area contributed by atoms with Gasteiger partial charge in [0.15, 0.2) is 5.69 Å². The molecule has 1 aliphatic carbocycles. The Kier molecular flexibility index (Phi) is 3.87. The highest BCUT2D eigenvalue weighted by molar-refractivity contribution is 5.94. The first-order valence-corrected chi connectivity index (χ1v) is 6.50. The van der Waals surface area contributed by atoms with Crippen LogP contribution in [0.3, 0.4) is 0 Å². The van der Waals surface area contributed by atoms with Crippen molar-refractivity contribution in [1.29, 1.82) is 0 Å². The van der Waals surface area contributed by atoms with Gasteiger partial charge in [-0.3, -0.25) is 14.3 Å². The number of rotatable bonds is 5. The van der Waals surface area contributed by atoms with Crippen molar-refractivity contribution in [3.63, 3.8) is 0 Å². The second-order valence-corrected chi connectivity index (χ2v) is 4.76. The fraction of sp³-hybridized carbons (Fsp3) is 0.615. The Labute approximate surface area is 112 Å².